The predicted octanol–water partition coefficient (Wildman–Crippen LogP) is 3.42. The molecule has 0 saturated carbocycles. The quantitative estimate of drug-likeness (QED) is 0.899. The number of hydrogen-bond donors (Lipinski definition) is 1. The lowest BCUT2D eigenvalue weighted by atomic mass is 9.92. The van der Waals surface area contributed by atoms with Crippen LogP contribution in [-0.2, 0) is 6.42 Å². The van der Waals surface area contributed by atoms with Gasteiger partial charge in [0.15, 0.2) is 0 Å². The van der Waals surface area contributed by atoms with Gasteiger partial charge >= 0.3 is 0 Å². The summed E-state index contributed by atoms with van der Waals surface area (Å²) in [5.74, 6) is -2.53. The SMILES string of the molecule is OCC(Cc1c(F)cccc1F)c1ccccc1F. The first kappa shape index (κ1) is 13.6. The van der Waals surface area contributed by atoms with Crippen LogP contribution in [0.25, 0.3) is 0 Å². The number of hydrogen-bond acceptors (Lipinski definition) is 1. The molecule has 0 radical (unpaired) electrons. The fraction of sp³-hybridized carbons (Fsp3) is 0.200. The maximum Gasteiger partial charge on any atom is 0.129 e. The molecule has 0 fully saturated rings. The van der Waals surface area contributed by atoms with E-state index in [1.807, 2.05) is 0 Å². The van der Waals surface area contributed by atoms with E-state index in [9.17, 15) is 18.3 Å². The van der Waals surface area contributed by atoms with Crippen molar-refractivity contribution in [1.29, 1.82) is 0 Å². The largest absolute Gasteiger partial charge is 0.396 e. The van der Waals surface area contributed by atoms with Crippen LogP contribution in [0.4, 0.5) is 13.2 Å². The van der Waals surface area contributed by atoms with Crippen LogP contribution in [0, 0.1) is 17.5 Å². The number of rotatable bonds is 4. The predicted molar refractivity (Wildman–Crippen MR) is 66.3 cm³/mol. The van der Waals surface area contributed by atoms with Crippen LogP contribution in [-0.4, -0.2) is 11.7 Å². The van der Waals surface area contributed by atoms with Crippen molar-refractivity contribution in [2.24, 2.45) is 0 Å². The second-order valence-electron chi connectivity index (χ2n) is 4.31. The van der Waals surface area contributed by atoms with Gasteiger partial charge in [-0.05, 0) is 30.2 Å². The van der Waals surface area contributed by atoms with Gasteiger partial charge in [0.2, 0.25) is 0 Å². The number of aliphatic hydroxyl groups excluding tert-OH is 1. The van der Waals surface area contributed by atoms with Gasteiger partial charge in [0, 0.05) is 11.5 Å². The molecule has 0 amide bonds. The summed E-state index contributed by atoms with van der Waals surface area (Å²) in [6.45, 7) is -0.380. The molecule has 0 aliphatic carbocycles. The van der Waals surface area contributed by atoms with Gasteiger partial charge in [0.25, 0.3) is 0 Å². The highest BCUT2D eigenvalue weighted by atomic mass is 19.1. The summed E-state index contributed by atoms with van der Waals surface area (Å²) in [6.07, 6.45) is -0.0874. The summed E-state index contributed by atoms with van der Waals surface area (Å²) in [5.41, 5.74) is 0.123. The first-order valence-corrected chi connectivity index (χ1v) is 5.91. The van der Waals surface area contributed by atoms with Crippen LogP contribution in [0.5, 0.6) is 0 Å². The van der Waals surface area contributed by atoms with Gasteiger partial charge in [0.05, 0.1) is 6.61 Å². The van der Waals surface area contributed by atoms with Crippen LogP contribution in [0.2, 0.25) is 0 Å². The van der Waals surface area contributed by atoms with Gasteiger partial charge in [0.1, 0.15) is 17.5 Å². The molecule has 0 aliphatic heterocycles. The molecule has 1 nitrogen and oxygen atoms in total. The number of aliphatic hydroxyl groups is 1. The summed E-state index contributed by atoms with van der Waals surface area (Å²) in [4.78, 5) is 0. The summed E-state index contributed by atoms with van der Waals surface area (Å²) in [6, 6.07) is 9.48. The summed E-state index contributed by atoms with van der Waals surface area (Å²) in [5, 5.41) is 9.34. The minimum atomic E-state index is -0.685. The van der Waals surface area contributed by atoms with Gasteiger partial charge in [-0.2, -0.15) is 0 Å². The standard InChI is InChI=1S/C15H13F3O/c16-13-5-2-1-4-11(13)10(9-19)8-12-14(17)6-3-7-15(12)18/h1-7,10,19H,8-9H2. The summed E-state index contributed by atoms with van der Waals surface area (Å²) >= 11 is 0. The van der Waals surface area contributed by atoms with E-state index in [0.29, 0.717) is 0 Å². The molecule has 100 valence electrons. The molecular formula is C15H13F3O. The van der Waals surface area contributed by atoms with Gasteiger partial charge < -0.3 is 5.11 Å². The average molecular weight is 266 g/mol. The molecule has 1 atom stereocenters. The molecule has 1 unspecified atom stereocenters. The third-order valence-corrected chi connectivity index (χ3v) is 3.08. The minimum absolute atomic E-state index is 0.0874. The lowest BCUT2D eigenvalue weighted by Crippen LogP contribution is -2.12. The Hall–Kier alpha value is -1.81. The highest BCUT2D eigenvalue weighted by Gasteiger charge is 2.19. The Bertz CT molecular complexity index is 549. The van der Waals surface area contributed by atoms with Gasteiger partial charge in [-0.15, -0.1) is 0 Å². The zero-order chi connectivity index (χ0) is 13.8. The second-order valence-corrected chi connectivity index (χ2v) is 4.31. The Morgan fingerprint density at radius 1 is 0.842 bits per heavy atom. The van der Waals surface area contributed by atoms with Crippen molar-refractivity contribution in [2.45, 2.75) is 12.3 Å². The van der Waals surface area contributed by atoms with Crippen LogP contribution in [0.15, 0.2) is 42.5 Å². The third-order valence-electron chi connectivity index (χ3n) is 3.08. The van der Waals surface area contributed by atoms with E-state index in [1.165, 1.54) is 24.3 Å². The van der Waals surface area contributed by atoms with Crippen molar-refractivity contribution in [3.05, 3.63) is 71.0 Å². The van der Waals surface area contributed by atoms with E-state index in [4.69, 9.17) is 0 Å². The van der Waals surface area contributed by atoms with E-state index in [1.54, 1.807) is 6.07 Å². The van der Waals surface area contributed by atoms with Crippen molar-refractivity contribution in [2.75, 3.05) is 6.61 Å². The third kappa shape index (κ3) is 2.96. The molecule has 2 aromatic carbocycles. The molecule has 1 N–H and O–H groups in total. The van der Waals surface area contributed by atoms with Crippen LogP contribution in [0.3, 0.4) is 0 Å². The normalized spacial score (nSPS) is 12.4. The Labute approximate surface area is 109 Å². The zero-order valence-corrected chi connectivity index (χ0v) is 10.1. The van der Waals surface area contributed by atoms with E-state index >= 15 is 0 Å². The van der Waals surface area contributed by atoms with Crippen molar-refractivity contribution >= 4 is 0 Å². The molecule has 19 heavy (non-hydrogen) atoms. The van der Waals surface area contributed by atoms with Gasteiger partial charge in [-0.3, -0.25) is 0 Å². The summed E-state index contributed by atoms with van der Waals surface area (Å²) in [7, 11) is 0. The molecule has 0 saturated heterocycles. The van der Waals surface area contributed by atoms with Crippen molar-refractivity contribution in [3.8, 4) is 0 Å². The van der Waals surface area contributed by atoms with Crippen molar-refractivity contribution in [3.63, 3.8) is 0 Å². The molecule has 0 aliphatic rings. The first-order chi connectivity index (χ1) is 9.13. The van der Waals surface area contributed by atoms with E-state index in [2.05, 4.69) is 0 Å². The fourth-order valence-corrected chi connectivity index (χ4v) is 2.05. The fourth-order valence-electron chi connectivity index (χ4n) is 2.05. The van der Waals surface area contributed by atoms with Crippen LogP contribution >= 0.6 is 0 Å². The Morgan fingerprint density at radius 2 is 1.42 bits per heavy atom. The molecule has 0 heterocycles. The molecule has 4 heteroatoms. The maximum absolute atomic E-state index is 13.6. The lowest BCUT2D eigenvalue weighted by Gasteiger charge is -2.16. The zero-order valence-electron chi connectivity index (χ0n) is 10.1. The Morgan fingerprint density at radius 3 is 2.00 bits per heavy atom. The topological polar surface area (TPSA) is 20.2 Å². The molecule has 2 aromatic rings. The Kier molecular flexibility index (Phi) is 4.22. The smallest absolute Gasteiger partial charge is 0.129 e. The highest BCUT2D eigenvalue weighted by molar-refractivity contribution is 5.27. The van der Waals surface area contributed by atoms with Crippen LogP contribution in [0.1, 0.15) is 17.0 Å². The molecule has 0 spiro atoms. The van der Waals surface area contributed by atoms with Crippen LogP contribution < -0.4 is 0 Å². The molecule has 0 bridgehead atoms. The van der Waals surface area contributed by atoms with Crippen molar-refractivity contribution in [1.82, 2.24) is 0 Å². The highest BCUT2D eigenvalue weighted by Crippen LogP contribution is 2.25. The van der Waals surface area contributed by atoms with E-state index < -0.39 is 23.4 Å². The van der Waals surface area contributed by atoms with Crippen molar-refractivity contribution < 1.29 is 18.3 Å². The number of halogens is 3. The monoisotopic (exact) mass is 266 g/mol. The molecular weight excluding hydrogens is 253 g/mol. The average Bonchev–Trinajstić information content (AvgIpc) is 2.40. The van der Waals surface area contributed by atoms with E-state index in [-0.39, 0.29) is 24.2 Å². The molecule has 2 rings (SSSR count). The van der Waals surface area contributed by atoms with E-state index in [0.717, 1.165) is 12.1 Å². The lowest BCUT2D eigenvalue weighted by molar-refractivity contribution is 0.260. The van der Waals surface area contributed by atoms with Gasteiger partial charge in [-0.25, -0.2) is 13.2 Å². The maximum atomic E-state index is 13.6. The second kappa shape index (κ2) is 5.89. The summed E-state index contributed by atoms with van der Waals surface area (Å²) < 4.78 is 40.7. The minimum Gasteiger partial charge on any atom is -0.396 e. The number of benzene rings is 2. The van der Waals surface area contributed by atoms with Gasteiger partial charge in [-0.1, -0.05) is 24.3 Å². The first-order valence-electron chi connectivity index (χ1n) is 5.91. The Balaban J connectivity index is 2.32. The molecule has 0 aromatic heterocycles.